The lowest BCUT2D eigenvalue weighted by molar-refractivity contribution is -0.141. The molecule has 36 heavy (non-hydrogen) atoms. The van der Waals surface area contributed by atoms with E-state index >= 15 is 0 Å². The fourth-order valence-electron chi connectivity index (χ4n) is 6.82. The van der Waals surface area contributed by atoms with Crippen molar-refractivity contribution in [3.05, 3.63) is 71.2 Å². The molecule has 4 aliphatic rings. The lowest BCUT2D eigenvalue weighted by Crippen LogP contribution is -2.60. The van der Waals surface area contributed by atoms with E-state index < -0.39 is 11.9 Å². The highest BCUT2D eigenvalue weighted by molar-refractivity contribution is 5.51. The number of hydrogen-bond donors (Lipinski definition) is 0. The zero-order valence-corrected chi connectivity index (χ0v) is 20.7. The molecule has 0 N–H and O–H groups in total. The van der Waals surface area contributed by atoms with E-state index in [4.69, 9.17) is 4.74 Å². The molecule has 1 aromatic heterocycles. The van der Waals surface area contributed by atoms with Crippen LogP contribution in [0.1, 0.15) is 37.4 Å². The van der Waals surface area contributed by atoms with Gasteiger partial charge in [0.05, 0.1) is 12.3 Å². The van der Waals surface area contributed by atoms with Crippen LogP contribution in [0.5, 0.6) is 0 Å². The molecular weight excluding hydrogens is 465 g/mol. The molecule has 0 saturated carbocycles. The highest BCUT2D eigenvalue weighted by Crippen LogP contribution is 2.46. The van der Waals surface area contributed by atoms with E-state index in [2.05, 4.69) is 45.1 Å². The van der Waals surface area contributed by atoms with E-state index in [1.165, 1.54) is 11.6 Å². The molecule has 3 unspecified atom stereocenters. The van der Waals surface area contributed by atoms with Crippen molar-refractivity contribution in [1.82, 2.24) is 14.8 Å². The largest absolute Gasteiger partial charge is 0.496 e. The lowest BCUT2D eigenvalue weighted by atomic mass is 9.82. The van der Waals surface area contributed by atoms with Crippen molar-refractivity contribution < 1.29 is 17.9 Å². The molecule has 2 aromatic rings. The number of allylic oxidation sites excluding steroid dienone is 1. The standard InChI is InChI=1S/C28H33F3N4O/c1-2-23-24-13-27(11-12-36-24,19-35(23)26-10-6-9-25(32-26)28(29,30)31)34-17-21-15-33(16-22(21)18-34)14-20-7-4-3-5-8-20/h3-10,21-22H,2,11-19H2,1H3. The summed E-state index contributed by atoms with van der Waals surface area (Å²) in [4.78, 5) is 11.3. The van der Waals surface area contributed by atoms with Gasteiger partial charge in [-0.25, -0.2) is 4.98 Å². The summed E-state index contributed by atoms with van der Waals surface area (Å²) in [7, 11) is 0. The van der Waals surface area contributed by atoms with E-state index in [-0.39, 0.29) is 5.54 Å². The van der Waals surface area contributed by atoms with Gasteiger partial charge >= 0.3 is 6.18 Å². The highest BCUT2D eigenvalue weighted by Gasteiger charge is 2.52. The first-order valence-corrected chi connectivity index (χ1v) is 13.0. The minimum absolute atomic E-state index is 0.128. The molecule has 3 saturated heterocycles. The van der Waals surface area contributed by atoms with Gasteiger partial charge in [0.1, 0.15) is 17.3 Å². The van der Waals surface area contributed by atoms with Crippen LogP contribution < -0.4 is 4.90 Å². The third kappa shape index (κ3) is 4.28. The van der Waals surface area contributed by atoms with Crippen molar-refractivity contribution in [2.75, 3.05) is 44.2 Å². The van der Waals surface area contributed by atoms with Crippen molar-refractivity contribution in [1.29, 1.82) is 0 Å². The number of halogens is 3. The Balaban J connectivity index is 1.22. The van der Waals surface area contributed by atoms with Gasteiger partial charge in [-0.15, -0.1) is 0 Å². The van der Waals surface area contributed by atoms with Crippen LogP contribution in [0.15, 0.2) is 60.0 Å². The fraction of sp³-hybridized carbons (Fsp3) is 0.536. The zero-order chi connectivity index (χ0) is 24.9. The predicted octanol–water partition coefficient (Wildman–Crippen LogP) is 5.16. The topological polar surface area (TPSA) is 31.8 Å². The fourth-order valence-corrected chi connectivity index (χ4v) is 6.82. The van der Waals surface area contributed by atoms with Gasteiger partial charge in [0.25, 0.3) is 0 Å². The Morgan fingerprint density at radius 1 is 1.00 bits per heavy atom. The van der Waals surface area contributed by atoms with Gasteiger partial charge in [0.2, 0.25) is 0 Å². The molecule has 1 aromatic carbocycles. The Kier molecular flexibility index (Phi) is 5.99. The number of anilines is 1. The average Bonchev–Trinajstić information content (AvgIpc) is 3.43. The van der Waals surface area contributed by atoms with Crippen LogP contribution in [-0.4, -0.2) is 59.7 Å². The van der Waals surface area contributed by atoms with E-state index in [0.717, 1.165) is 63.1 Å². The Morgan fingerprint density at radius 3 is 2.44 bits per heavy atom. The third-order valence-corrected chi connectivity index (χ3v) is 8.55. The number of rotatable bonds is 5. The quantitative estimate of drug-likeness (QED) is 0.569. The molecule has 5 heterocycles. The van der Waals surface area contributed by atoms with Gasteiger partial charge in [-0.3, -0.25) is 9.80 Å². The summed E-state index contributed by atoms with van der Waals surface area (Å²) >= 11 is 0. The van der Waals surface area contributed by atoms with Crippen molar-refractivity contribution in [2.45, 2.75) is 44.4 Å². The number of nitrogens with zero attached hydrogens (tertiary/aromatic N) is 4. The Labute approximate surface area is 210 Å². The normalized spacial score (nSPS) is 28.9. The van der Waals surface area contributed by atoms with Crippen molar-refractivity contribution in [2.24, 2.45) is 11.8 Å². The molecule has 6 rings (SSSR count). The molecule has 0 radical (unpaired) electrons. The number of hydrogen-bond acceptors (Lipinski definition) is 5. The first-order chi connectivity index (χ1) is 17.3. The number of benzene rings is 1. The van der Waals surface area contributed by atoms with Crippen molar-refractivity contribution in [3.63, 3.8) is 0 Å². The maximum Gasteiger partial charge on any atom is 0.433 e. The number of fused-ring (bicyclic) bond motifs is 3. The van der Waals surface area contributed by atoms with E-state index in [1.54, 1.807) is 6.07 Å². The molecule has 3 atom stereocenters. The molecular formula is C28H33F3N4O. The second-order valence-electron chi connectivity index (χ2n) is 10.8. The maximum atomic E-state index is 13.4. The van der Waals surface area contributed by atoms with Crippen LogP contribution in [0.25, 0.3) is 0 Å². The van der Waals surface area contributed by atoms with Gasteiger partial charge in [0, 0.05) is 57.6 Å². The zero-order valence-electron chi connectivity index (χ0n) is 20.7. The summed E-state index contributed by atoms with van der Waals surface area (Å²) in [5, 5.41) is 0. The van der Waals surface area contributed by atoms with Crippen molar-refractivity contribution >= 4 is 5.82 Å². The SMILES string of the molecule is CCC1=C2CC(N3CC4CN(Cc5ccccc5)CC4C3)(CCO2)CN1c1cccc(C(F)(F)F)n1. The minimum atomic E-state index is -4.46. The number of ether oxygens (including phenoxy) is 1. The summed E-state index contributed by atoms with van der Waals surface area (Å²) in [6.45, 7) is 8.63. The van der Waals surface area contributed by atoms with E-state index in [0.29, 0.717) is 37.2 Å². The molecule has 0 spiro atoms. The summed E-state index contributed by atoms with van der Waals surface area (Å²) in [5.41, 5.74) is 1.35. The molecule has 0 amide bonds. The average molecular weight is 499 g/mol. The Bertz CT molecular complexity index is 1120. The van der Waals surface area contributed by atoms with Crippen molar-refractivity contribution in [3.8, 4) is 0 Å². The van der Waals surface area contributed by atoms with E-state index in [1.807, 2.05) is 11.8 Å². The van der Waals surface area contributed by atoms with E-state index in [9.17, 15) is 13.2 Å². The van der Waals surface area contributed by atoms with Gasteiger partial charge in [0.15, 0.2) is 0 Å². The molecule has 3 fully saturated rings. The molecule has 5 nitrogen and oxygen atoms in total. The van der Waals surface area contributed by atoms with Gasteiger partial charge in [-0.1, -0.05) is 43.3 Å². The first kappa shape index (κ1) is 23.8. The smallest absolute Gasteiger partial charge is 0.433 e. The summed E-state index contributed by atoms with van der Waals surface area (Å²) in [6.07, 6.45) is -2.05. The number of pyridine rings is 1. The van der Waals surface area contributed by atoms with Crippen LogP contribution >= 0.6 is 0 Å². The molecule has 4 aliphatic heterocycles. The van der Waals surface area contributed by atoms with Crippen LogP contribution in [-0.2, 0) is 17.5 Å². The second kappa shape index (κ2) is 9.06. The van der Waals surface area contributed by atoms with Crippen LogP contribution in [0.3, 0.4) is 0 Å². The summed E-state index contributed by atoms with van der Waals surface area (Å²) in [5.74, 6) is 2.55. The number of alkyl halides is 3. The monoisotopic (exact) mass is 498 g/mol. The number of aromatic nitrogens is 1. The van der Waals surface area contributed by atoms with Gasteiger partial charge in [-0.2, -0.15) is 13.2 Å². The molecule has 0 aliphatic carbocycles. The van der Waals surface area contributed by atoms with Crippen LogP contribution in [0.4, 0.5) is 19.0 Å². The number of likely N-dealkylation sites (tertiary alicyclic amines) is 2. The Hall–Kier alpha value is -2.58. The molecule has 192 valence electrons. The van der Waals surface area contributed by atoms with Gasteiger partial charge in [-0.05, 0) is 36.0 Å². The summed E-state index contributed by atoms with van der Waals surface area (Å²) < 4.78 is 46.4. The third-order valence-electron chi connectivity index (χ3n) is 8.55. The molecule has 2 bridgehead atoms. The maximum absolute atomic E-state index is 13.4. The Morgan fingerprint density at radius 2 is 1.75 bits per heavy atom. The van der Waals surface area contributed by atoms with Crippen LogP contribution in [0.2, 0.25) is 0 Å². The first-order valence-electron chi connectivity index (χ1n) is 13.0. The second-order valence-corrected chi connectivity index (χ2v) is 10.8. The predicted molar refractivity (Wildman–Crippen MR) is 132 cm³/mol. The van der Waals surface area contributed by atoms with Crippen LogP contribution in [0, 0.1) is 11.8 Å². The lowest BCUT2D eigenvalue weighted by Gasteiger charge is -2.52. The van der Waals surface area contributed by atoms with Gasteiger partial charge < -0.3 is 9.64 Å². The minimum Gasteiger partial charge on any atom is -0.496 e. The molecule has 8 heteroatoms. The highest BCUT2D eigenvalue weighted by atomic mass is 19.4. The summed E-state index contributed by atoms with van der Waals surface area (Å²) in [6, 6.07) is 14.8.